The molecule has 0 saturated heterocycles. The molecule has 2 heterocycles. The van der Waals surface area contributed by atoms with Gasteiger partial charge in [0.05, 0.1) is 12.0 Å². The van der Waals surface area contributed by atoms with Crippen molar-refractivity contribution in [3.8, 4) is 0 Å². The molecular formula is C20H18FN3O. The van der Waals surface area contributed by atoms with E-state index in [1.165, 1.54) is 6.07 Å². The molecule has 0 unspecified atom stereocenters. The van der Waals surface area contributed by atoms with E-state index in [-0.39, 0.29) is 18.1 Å². The summed E-state index contributed by atoms with van der Waals surface area (Å²) in [5.41, 5.74) is 0.582. The zero-order valence-electron chi connectivity index (χ0n) is 13.7. The smallest absolute Gasteiger partial charge is 0.225 e. The summed E-state index contributed by atoms with van der Waals surface area (Å²) >= 11 is 0. The highest BCUT2D eigenvalue weighted by Gasteiger charge is 2.43. The number of halogens is 1. The summed E-state index contributed by atoms with van der Waals surface area (Å²) in [5, 5.41) is 5.05. The fourth-order valence-corrected chi connectivity index (χ4v) is 3.50. The quantitative estimate of drug-likeness (QED) is 0.794. The molecule has 1 N–H and O–H groups in total. The van der Waals surface area contributed by atoms with E-state index in [9.17, 15) is 9.18 Å². The maximum Gasteiger partial charge on any atom is 0.225 e. The van der Waals surface area contributed by atoms with Gasteiger partial charge in [-0.3, -0.25) is 14.8 Å². The molecule has 1 amide bonds. The van der Waals surface area contributed by atoms with Gasteiger partial charge in [0.1, 0.15) is 11.5 Å². The van der Waals surface area contributed by atoms with Gasteiger partial charge in [0.25, 0.3) is 0 Å². The van der Waals surface area contributed by atoms with Gasteiger partial charge < -0.3 is 5.32 Å². The number of nitrogens with zero attached hydrogens (tertiary/aromatic N) is 2. The van der Waals surface area contributed by atoms with E-state index in [4.69, 9.17) is 0 Å². The first kappa shape index (κ1) is 15.7. The molecule has 1 saturated carbocycles. The van der Waals surface area contributed by atoms with E-state index in [1.54, 1.807) is 24.7 Å². The Hall–Kier alpha value is -2.82. The number of fused-ring (bicyclic) bond motifs is 1. The largest absolute Gasteiger partial charge is 0.345 e. The number of nitrogens with one attached hydrogen (secondary N) is 1. The highest BCUT2D eigenvalue weighted by molar-refractivity contribution is 5.89. The van der Waals surface area contributed by atoms with Crippen LogP contribution in [0.15, 0.2) is 55.0 Å². The molecule has 0 atom stereocenters. The van der Waals surface area contributed by atoms with E-state index in [0.29, 0.717) is 18.5 Å². The molecule has 4 rings (SSSR count). The predicted molar refractivity (Wildman–Crippen MR) is 93.3 cm³/mol. The summed E-state index contributed by atoms with van der Waals surface area (Å²) in [5.74, 6) is -0.488. The van der Waals surface area contributed by atoms with Gasteiger partial charge in [-0.15, -0.1) is 0 Å². The van der Waals surface area contributed by atoms with Crippen LogP contribution in [0.5, 0.6) is 0 Å². The number of pyridine rings is 2. The van der Waals surface area contributed by atoms with Gasteiger partial charge >= 0.3 is 0 Å². The molecule has 3 aromatic rings. The van der Waals surface area contributed by atoms with E-state index < -0.39 is 5.54 Å². The molecule has 0 spiro atoms. The van der Waals surface area contributed by atoms with Crippen LogP contribution in [-0.4, -0.2) is 15.9 Å². The van der Waals surface area contributed by atoms with Crippen molar-refractivity contribution in [2.24, 2.45) is 0 Å². The number of carbonyl (C=O) groups is 1. The van der Waals surface area contributed by atoms with Crippen molar-refractivity contribution in [2.45, 2.75) is 31.2 Å². The number of carbonyl (C=O) groups excluding carboxylic acids is 1. The van der Waals surface area contributed by atoms with Crippen LogP contribution in [-0.2, 0) is 16.8 Å². The second kappa shape index (κ2) is 6.24. The fourth-order valence-electron chi connectivity index (χ4n) is 3.50. The maximum absolute atomic E-state index is 14.2. The lowest BCUT2D eigenvalue weighted by Gasteiger charge is -2.42. The van der Waals surface area contributed by atoms with Gasteiger partial charge in [0, 0.05) is 24.0 Å². The van der Waals surface area contributed by atoms with Crippen LogP contribution in [0.1, 0.15) is 30.5 Å². The minimum Gasteiger partial charge on any atom is -0.345 e. The molecule has 0 radical (unpaired) electrons. The molecule has 1 aromatic carbocycles. The molecule has 5 heteroatoms. The van der Waals surface area contributed by atoms with E-state index in [2.05, 4.69) is 15.3 Å². The number of hydrogen-bond acceptors (Lipinski definition) is 3. The SMILES string of the molecule is O=C(Cc1cccc2ccncc12)NC1(c2ncccc2F)CCC1. The van der Waals surface area contributed by atoms with Crippen LogP contribution >= 0.6 is 0 Å². The second-order valence-corrected chi connectivity index (χ2v) is 6.51. The van der Waals surface area contributed by atoms with E-state index >= 15 is 0 Å². The van der Waals surface area contributed by atoms with Gasteiger partial charge in [-0.25, -0.2) is 4.39 Å². The monoisotopic (exact) mass is 335 g/mol. The van der Waals surface area contributed by atoms with Crippen molar-refractivity contribution in [3.63, 3.8) is 0 Å². The summed E-state index contributed by atoms with van der Waals surface area (Å²) in [6.07, 6.45) is 7.69. The zero-order chi connectivity index (χ0) is 17.3. The first-order valence-electron chi connectivity index (χ1n) is 8.42. The molecular weight excluding hydrogens is 317 g/mol. The summed E-state index contributed by atoms with van der Waals surface area (Å²) in [6, 6.07) is 10.7. The van der Waals surface area contributed by atoms with Gasteiger partial charge in [-0.05, 0) is 48.4 Å². The van der Waals surface area contributed by atoms with E-state index in [0.717, 1.165) is 22.8 Å². The summed E-state index contributed by atoms with van der Waals surface area (Å²) < 4.78 is 14.2. The Morgan fingerprint density at radius 2 is 2.04 bits per heavy atom. The second-order valence-electron chi connectivity index (χ2n) is 6.51. The highest BCUT2D eigenvalue weighted by Crippen LogP contribution is 2.41. The third-order valence-corrected chi connectivity index (χ3v) is 4.92. The predicted octanol–water partition coefficient (Wildman–Crippen LogP) is 3.51. The van der Waals surface area contributed by atoms with Crippen LogP contribution < -0.4 is 5.32 Å². The van der Waals surface area contributed by atoms with Crippen LogP contribution in [0.25, 0.3) is 10.8 Å². The lowest BCUT2D eigenvalue weighted by atomic mass is 9.73. The van der Waals surface area contributed by atoms with Crippen LogP contribution in [0.4, 0.5) is 4.39 Å². The molecule has 0 bridgehead atoms. The number of amides is 1. The lowest BCUT2D eigenvalue weighted by molar-refractivity contribution is -0.123. The standard InChI is InChI=1S/C20H18FN3O/c21-17-6-2-10-23-19(17)20(8-3-9-20)24-18(25)12-15-5-1-4-14-7-11-22-13-16(14)15/h1-2,4-7,10-11,13H,3,8-9,12H2,(H,24,25). The molecule has 4 nitrogen and oxygen atoms in total. The molecule has 1 fully saturated rings. The third kappa shape index (κ3) is 2.86. The molecule has 25 heavy (non-hydrogen) atoms. The number of benzene rings is 1. The molecule has 1 aliphatic carbocycles. The Morgan fingerprint density at radius 1 is 1.16 bits per heavy atom. The van der Waals surface area contributed by atoms with Crippen LogP contribution in [0.3, 0.4) is 0 Å². The summed E-state index contributed by atoms with van der Waals surface area (Å²) in [6.45, 7) is 0. The number of aromatic nitrogens is 2. The Bertz CT molecular complexity index is 932. The fraction of sp³-hybridized carbons (Fsp3) is 0.250. The number of hydrogen-bond donors (Lipinski definition) is 1. The van der Waals surface area contributed by atoms with Crippen molar-refractivity contribution in [2.75, 3.05) is 0 Å². The van der Waals surface area contributed by atoms with Crippen LogP contribution in [0.2, 0.25) is 0 Å². The van der Waals surface area contributed by atoms with Gasteiger partial charge in [0.2, 0.25) is 5.91 Å². The van der Waals surface area contributed by atoms with Crippen molar-refractivity contribution in [3.05, 3.63) is 72.1 Å². The van der Waals surface area contributed by atoms with Gasteiger partial charge in [-0.1, -0.05) is 18.2 Å². The average molecular weight is 335 g/mol. The Labute approximate surface area is 145 Å². The minimum absolute atomic E-state index is 0.124. The number of rotatable bonds is 4. The van der Waals surface area contributed by atoms with Crippen molar-refractivity contribution < 1.29 is 9.18 Å². The Morgan fingerprint density at radius 3 is 2.80 bits per heavy atom. The van der Waals surface area contributed by atoms with Crippen molar-refractivity contribution in [1.82, 2.24) is 15.3 Å². The molecule has 1 aliphatic rings. The summed E-state index contributed by atoms with van der Waals surface area (Å²) in [4.78, 5) is 21.0. The first-order chi connectivity index (χ1) is 12.2. The van der Waals surface area contributed by atoms with Crippen molar-refractivity contribution in [1.29, 1.82) is 0 Å². The van der Waals surface area contributed by atoms with E-state index in [1.807, 2.05) is 24.3 Å². The molecule has 2 aromatic heterocycles. The topological polar surface area (TPSA) is 54.9 Å². The normalized spacial score (nSPS) is 15.6. The minimum atomic E-state index is -0.675. The first-order valence-corrected chi connectivity index (χ1v) is 8.42. The summed E-state index contributed by atoms with van der Waals surface area (Å²) in [7, 11) is 0. The van der Waals surface area contributed by atoms with Gasteiger partial charge in [-0.2, -0.15) is 0 Å². The van der Waals surface area contributed by atoms with Crippen molar-refractivity contribution >= 4 is 16.7 Å². The Kier molecular flexibility index (Phi) is 3.92. The van der Waals surface area contributed by atoms with Gasteiger partial charge in [0.15, 0.2) is 0 Å². The Balaban J connectivity index is 1.58. The third-order valence-electron chi connectivity index (χ3n) is 4.92. The van der Waals surface area contributed by atoms with Crippen LogP contribution in [0, 0.1) is 5.82 Å². The zero-order valence-corrected chi connectivity index (χ0v) is 13.7. The molecule has 0 aliphatic heterocycles. The highest BCUT2D eigenvalue weighted by atomic mass is 19.1. The average Bonchev–Trinajstić information content (AvgIpc) is 2.59. The lowest BCUT2D eigenvalue weighted by Crippen LogP contribution is -2.52. The molecule has 126 valence electrons. The maximum atomic E-state index is 14.2.